The molecule has 0 bridgehead atoms. The zero-order chi connectivity index (χ0) is 18.2. The fourth-order valence-corrected chi connectivity index (χ4v) is 2.81. The number of carbonyl (C=O) groups excluding carboxylic acids is 2. The van der Waals surface area contributed by atoms with Crippen LogP contribution >= 0.6 is 23.2 Å². The van der Waals surface area contributed by atoms with Crippen molar-refractivity contribution in [1.82, 2.24) is 5.32 Å². The van der Waals surface area contributed by atoms with Crippen LogP contribution in [-0.2, 0) is 11.2 Å². The van der Waals surface area contributed by atoms with Crippen LogP contribution in [-0.4, -0.2) is 18.4 Å². The minimum absolute atomic E-state index is 0.179. The van der Waals surface area contributed by atoms with Crippen LogP contribution in [0.1, 0.15) is 35.7 Å². The third-order valence-corrected chi connectivity index (χ3v) is 4.20. The van der Waals surface area contributed by atoms with Gasteiger partial charge in [0.1, 0.15) is 0 Å². The van der Waals surface area contributed by atoms with Crippen molar-refractivity contribution >= 4 is 40.7 Å². The topological polar surface area (TPSA) is 58.2 Å². The Morgan fingerprint density at radius 3 is 2.56 bits per heavy atom. The van der Waals surface area contributed by atoms with E-state index < -0.39 is 0 Å². The number of rotatable bonds is 7. The van der Waals surface area contributed by atoms with Gasteiger partial charge in [-0.1, -0.05) is 48.3 Å². The molecule has 2 aromatic carbocycles. The van der Waals surface area contributed by atoms with Gasteiger partial charge in [0.15, 0.2) is 0 Å². The molecule has 2 N–H and O–H groups in total. The summed E-state index contributed by atoms with van der Waals surface area (Å²) in [7, 11) is 0. The Kier molecular flexibility index (Phi) is 7.29. The van der Waals surface area contributed by atoms with Gasteiger partial charge in [-0.05, 0) is 42.7 Å². The number of carbonyl (C=O) groups is 2. The molecule has 4 nitrogen and oxygen atoms in total. The van der Waals surface area contributed by atoms with Gasteiger partial charge in [0.2, 0.25) is 5.91 Å². The number of aryl methyl sites for hydroxylation is 1. The monoisotopic (exact) mass is 378 g/mol. The molecular formula is C19H20Cl2N2O2. The van der Waals surface area contributed by atoms with Crippen molar-refractivity contribution in [2.45, 2.75) is 26.2 Å². The number of benzene rings is 2. The number of amides is 2. The Bertz CT molecular complexity index is 763. The van der Waals surface area contributed by atoms with E-state index >= 15 is 0 Å². The number of para-hydroxylation sites is 1. The molecule has 0 heterocycles. The summed E-state index contributed by atoms with van der Waals surface area (Å²) in [6.07, 6.45) is 1.60. The van der Waals surface area contributed by atoms with Crippen LogP contribution in [0, 0.1) is 0 Å². The molecular weight excluding hydrogens is 359 g/mol. The van der Waals surface area contributed by atoms with E-state index in [4.69, 9.17) is 23.2 Å². The fourth-order valence-electron chi connectivity index (χ4n) is 2.31. The lowest BCUT2D eigenvalue weighted by atomic mass is 10.1. The summed E-state index contributed by atoms with van der Waals surface area (Å²) in [6.45, 7) is 2.58. The fraction of sp³-hybridized carbons (Fsp3) is 0.263. The highest BCUT2D eigenvalue weighted by Gasteiger charge is 2.13. The van der Waals surface area contributed by atoms with Gasteiger partial charge in [-0.3, -0.25) is 9.59 Å². The molecule has 132 valence electrons. The molecule has 25 heavy (non-hydrogen) atoms. The van der Waals surface area contributed by atoms with E-state index in [0.29, 0.717) is 34.3 Å². The van der Waals surface area contributed by atoms with Crippen LogP contribution in [0.5, 0.6) is 0 Å². The molecule has 0 fully saturated rings. The molecule has 0 aliphatic carbocycles. The van der Waals surface area contributed by atoms with Crippen LogP contribution in [0.3, 0.4) is 0 Å². The zero-order valence-corrected chi connectivity index (χ0v) is 15.5. The summed E-state index contributed by atoms with van der Waals surface area (Å²) in [5, 5.41) is 6.71. The Hall–Kier alpha value is -2.04. The maximum Gasteiger partial charge on any atom is 0.253 e. The second-order valence-electron chi connectivity index (χ2n) is 5.59. The maximum absolute atomic E-state index is 12.2. The molecule has 0 aliphatic heterocycles. The van der Waals surface area contributed by atoms with Crippen LogP contribution in [0.15, 0.2) is 42.5 Å². The lowest BCUT2D eigenvalue weighted by Crippen LogP contribution is -2.25. The highest BCUT2D eigenvalue weighted by molar-refractivity contribution is 6.35. The first-order valence-corrected chi connectivity index (χ1v) is 8.88. The summed E-state index contributed by atoms with van der Waals surface area (Å²) in [4.78, 5) is 24.4. The molecule has 0 radical (unpaired) electrons. The highest BCUT2D eigenvalue weighted by Crippen LogP contribution is 2.22. The standard InChI is InChI=1S/C19H20Cl2N2O2/c1-2-11-22-19(25)15-5-3-4-6-17(15)23-18(24)10-8-13-7-9-14(20)12-16(13)21/h3-7,9,12H,2,8,10-11H2,1H3,(H,22,25)(H,23,24). The summed E-state index contributed by atoms with van der Waals surface area (Å²) in [5.74, 6) is -0.375. The van der Waals surface area contributed by atoms with E-state index in [0.717, 1.165) is 12.0 Å². The SMILES string of the molecule is CCCNC(=O)c1ccccc1NC(=O)CCc1ccc(Cl)cc1Cl. The van der Waals surface area contributed by atoms with Gasteiger partial charge in [-0.25, -0.2) is 0 Å². The predicted octanol–water partition coefficient (Wildman–Crippen LogP) is 4.70. The Morgan fingerprint density at radius 2 is 1.84 bits per heavy atom. The summed E-state index contributed by atoms with van der Waals surface area (Å²) >= 11 is 12.0. The predicted molar refractivity (Wildman–Crippen MR) is 102 cm³/mol. The van der Waals surface area contributed by atoms with Gasteiger partial charge in [0.25, 0.3) is 5.91 Å². The lowest BCUT2D eigenvalue weighted by Gasteiger charge is -2.11. The van der Waals surface area contributed by atoms with E-state index in [-0.39, 0.29) is 18.2 Å². The third-order valence-electron chi connectivity index (χ3n) is 3.62. The third kappa shape index (κ3) is 5.76. The van der Waals surface area contributed by atoms with Crippen LogP contribution in [0.2, 0.25) is 10.0 Å². The molecule has 0 aromatic heterocycles. The van der Waals surface area contributed by atoms with Crippen molar-refractivity contribution in [1.29, 1.82) is 0 Å². The maximum atomic E-state index is 12.2. The van der Waals surface area contributed by atoms with E-state index in [1.807, 2.05) is 13.0 Å². The molecule has 0 spiro atoms. The molecule has 0 saturated carbocycles. The van der Waals surface area contributed by atoms with E-state index in [1.54, 1.807) is 36.4 Å². The molecule has 0 aliphatic rings. The average molecular weight is 379 g/mol. The quantitative estimate of drug-likeness (QED) is 0.732. The van der Waals surface area contributed by atoms with Crippen molar-refractivity contribution in [3.63, 3.8) is 0 Å². The van der Waals surface area contributed by atoms with Crippen molar-refractivity contribution in [3.05, 3.63) is 63.6 Å². The molecule has 2 aromatic rings. The molecule has 0 atom stereocenters. The summed E-state index contributed by atoms with van der Waals surface area (Å²) in [6, 6.07) is 12.2. The molecule has 2 rings (SSSR count). The van der Waals surface area contributed by atoms with Crippen molar-refractivity contribution in [2.75, 3.05) is 11.9 Å². The van der Waals surface area contributed by atoms with Gasteiger partial charge >= 0.3 is 0 Å². The zero-order valence-electron chi connectivity index (χ0n) is 13.9. The van der Waals surface area contributed by atoms with Gasteiger partial charge in [-0.15, -0.1) is 0 Å². The summed E-state index contributed by atoms with van der Waals surface area (Å²) < 4.78 is 0. The van der Waals surface area contributed by atoms with Crippen molar-refractivity contribution in [3.8, 4) is 0 Å². The smallest absolute Gasteiger partial charge is 0.253 e. The van der Waals surface area contributed by atoms with Crippen LogP contribution < -0.4 is 10.6 Å². The second kappa shape index (κ2) is 9.44. The van der Waals surface area contributed by atoms with Crippen molar-refractivity contribution < 1.29 is 9.59 Å². The van der Waals surface area contributed by atoms with Crippen LogP contribution in [0.4, 0.5) is 5.69 Å². The van der Waals surface area contributed by atoms with Gasteiger partial charge < -0.3 is 10.6 Å². The molecule has 0 saturated heterocycles. The van der Waals surface area contributed by atoms with E-state index in [9.17, 15) is 9.59 Å². The van der Waals surface area contributed by atoms with Gasteiger partial charge in [-0.2, -0.15) is 0 Å². The first-order chi connectivity index (χ1) is 12.0. The number of nitrogens with one attached hydrogen (secondary N) is 2. The molecule has 0 unspecified atom stereocenters. The first kappa shape index (κ1) is 19.3. The number of halogens is 2. The van der Waals surface area contributed by atoms with E-state index in [2.05, 4.69) is 10.6 Å². The summed E-state index contributed by atoms with van der Waals surface area (Å²) in [5.41, 5.74) is 1.81. The average Bonchev–Trinajstić information content (AvgIpc) is 2.59. The Balaban J connectivity index is 1.99. The van der Waals surface area contributed by atoms with Gasteiger partial charge in [0, 0.05) is 23.0 Å². The minimum Gasteiger partial charge on any atom is -0.352 e. The molecule has 6 heteroatoms. The van der Waals surface area contributed by atoms with Crippen molar-refractivity contribution in [2.24, 2.45) is 0 Å². The second-order valence-corrected chi connectivity index (χ2v) is 6.43. The van der Waals surface area contributed by atoms with Crippen LogP contribution in [0.25, 0.3) is 0 Å². The highest BCUT2D eigenvalue weighted by atomic mass is 35.5. The van der Waals surface area contributed by atoms with Gasteiger partial charge in [0.05, 0.1) is 11.3 Å². The Labute approximate surface area is 157 Å². The lowest BCUT2D eigenvalue weighted by molar-refractivity contribution is -0.116. The number of anilines is 1. The first-order valence-electron chi connectivity index (χ1n) is 8.12. The van der Waals surface area contributed by atoms with E-state index in [1.165, 1.54) is 0 Å². The normalized spacial score (nSPS) is 10.4. The Morgan fingerprint density at radius 1 is 1.08 bits per heavy atom. The number of hydrogen-bond donors (Lipinski definition) is 2. The molecule has 2 amide bonds. The number of hydrogen-bond acceptors (Lipinski definition) is 2. The largest absolute Gasteiger partial charge is 0.352 e. The minimum atomic E-state index is -0.196.